The molecule has 0 bridgehead atoms. The van der Waals surface area contributed by atoms with E-state index < -0.39 is 23.0 Å². The zero-order chi connectivity index (χ0) is 29.4. The molecule has 3 heterocycles. The quantitative estimate of drug-likeness (QED) is 0.194. The number of hydrogen-bond donors (Lipinski definition) is 0. The van der Waals surface area contributed by atoms with Crippen LogP contribution in [-0.4, -0.2) is 20.0 Å². The second kappa shape index (κ2) is 10.9. The van der Waals surface area contributed by atoms with E-state index >= 15 is 4.39 Å². The molecule has 3 aromatic carbocycles. The molecule has 0 atom stereocenters. The summed E-state index contributed by atoms with van der Waals surface area (Å²) in [5, 5.41) is 4.28. The van der Waals surface area contributed by atoms with Crippen LogP contribution in [0.1, 0.15) is 21.5 Å². The lowest BCUT2D eigenvalue weighted by Crippen LogP contribution is -2.27. The van der Waals surface area contributed by atoms with Gasteiger partial charge in [0, 0.05) is 36.1 Å². The average Bonchev–Trinajstić information content (AvgIpc) is 3.41. The van der Waals surface area contributed by atoms with Crippen LogP contribution < -0.4 is 10.3 Å². The van der Waals surface area contributed by atoms with Crippen molar-refractivity contribution in [2.24, 2.45) is 0 Å². The van der Waals surface area contributed by atoms with Crippen LogP contribution in [0.3, 0.4) is 0 Å². The summed E-state index contributed by atoms with van der Waals surface area (Å²) in [5.74, 6) is -1.72. The Labute approximate surface area is 237 Å². The minimum Gasteiger partial charge on any atom is -0.452 e. The lowest BCUT2D eigenvalue weighted by molar-refractivity contribution is 0.0990. The highest BCUT2D eigenvalue weighted by molar-refractivity contribution is 5.98. The average molecular weight is 566 g/mol. The minimum absolute atomic E-state index is 0.0247. The first-order valence-corrected chi connectivity index (χ1v) is 13.0. The summed E-state index contributed by atoms with van der Waals surface area (Å²) in [7, 11) is 0. The predicted octanol–water partition coefficient (Wildman–Crippen LogP) is 7.10. The number of carbonyl (C=O) groups excluding carboxylic acids is 1. The summed E-state index contributed by atoms with van der Waals surface area (Å²) in [4.78, 5) is 26.4. The van der Waals surface area contributed by atoms with Crippen LogP contribution in [0.5, 0.6) is 11.5 Å². The van der Waals surface area contributed by atoms with E-state index in [1.54, 1.807) is 48.0 Å². The second-order valence-corrected chi connectivity index (χ2v) is 9.72. The van der Waals surface area contributed by atoms with E-state index in [1.165, 1.54) is 65.5 Å². The van der Waals surface area contributed by atoms with Gasteiger partial charge in [-0.1, -0.05) is 18.2 Å². The fourth-order valence-electron chi connectivity index (χ4n) is 4.86. The van der Waals surface area contributed by atoms with Gasteiger partial charge in [-0.05, 0) is 84.3 Å². The number of ketones is 1. The van der Waals surface area contributed by atoms with Gasteiger partial charge < -0.3 is 4.74 Å². The van der Waals surface area contributed by atoms with E-state index in [9.17, 15) is 18.4 Å². The van der Waals surface area contributed by atoms with Gasteiger partial charge >= 0.3 is 0 Å². The van der Waals surface area contributed by atoms with Crippen LogP contribution in [0, 0.1) is 24.4 Å². The molecule has 0 amide bonds. The third-order valence-electron chi connectivity index (χ3n) is 6.94. The lowest BCUT2D eigenvalue weighted by atomic mass is 10.0. The molecule has 0 fully saturated rings. The maximum atomic E-state index is 15.3. The largest absolute Gasteiger partial charge is 0.452 e. The Bertz CT molecular complexity index is 2010. The molecule has 6 nitrogen and oxygen atoms in total. The monoisotopic (exact) mass is 565 g/mol. The smallest absolute Gasteiger partial charge is 0.266 e. The first kappa shape index (κ1) is 26.8. The van der Waals surface area contributed by atoms with Gasteiger partial charge in [-0.25, -0.2) is 17.7 Å². The topological polar surface area (TPSA) is 65.6 Å². The summed E-state index contributed by atoms with van der Waals surface area (Å²) in [6.45, 7) is 1.65. The van der Waals surface area contributed by atoms with Gasteiger partial charge in [-0.2, -0.15) is 5.10 Å². The third kappa shape index (κ3) is 5.08. The Morgan fingerprint density at radius 2 is 1.55 bits per heavy atom. The number of rotatable bonds is 7. The number of aromatic nitrogens is 3. The number of pyridine rings is 1. The molecule has 0 aliphatic heterocycles. The van der Waals surface area contributed by atoms with E-state index in [2.05, 4.69) is 5.10 Å². The molecular formula is C33H22F3N3O3. The van der Waals surface area contributed by atoms with Crippen LogP contribution in [-0.2, 0) is 6.42 Å². The number of halogens is 3. The molecule has 208 valence electrons. The highest BCUT2D eigenvalue weighted by Crippen LogP contribution is 2.35. The Balaban J connectivity index is 1.27. The summed E-state index contributed by atoms with van der Waals surface area (Å²) in [5.41, 5.74) is 2.72. The second-order valence-electron chi connectivity index (χ2n) is 9.72. The molecule has 0 N–H and O–H groups in total. The van der Waals surface area contributed by atoms with E-state index in [1.807, 2.05) is 6.07 Å². The van der Waals surface area contributed by atoms with Crippen molar-refractivity contribution in [1.82, 2.24) is 14.2 Å². The third-order valence-corrected chi connectivity index (χ3v) is 6.94. The highest BCUT2D eigenvalue weighted by Gasteiger charge is 2.19. The van der Waals surface area contributed by atoms with Crippen molar-refractivity contribution < 1.29 is 22.7 Å². The number of fused-ring (bicyclic) bond motifs is 1. The van der Waals surface area contributed by atoms with Gasteiger partial charge in [0.1, 0.15) is 17.2 Å². The van der Waals surface area contributed by atoms with Crippen molar-refractivity contribution in [3.63, 3.8) is 0 Å². The molecule has 6 aromatic rings. The lowest BCUT2D eigenvalue weighted by Gasteiger charge is -2.12. The SMILES string of the molecule is Cc1ccn(-c2ccc(F)cc2)c(=O)c1C(=O)Cc1ccc(Oc2ccnn3ccc(-c4ccc(F)cc4)c23)c(F)c1. The Morgan fingerprint density at radius 3 is 2.26 bits per heavy atom. The van der Waals surface area contributed by atoms with E-state index in [4.69, 9.17) is 4.74 Å². The predicted molar refractivity (Wildman–Crippen MR) is 152 cm³/mol. The van der Waals surface area contributed by atoms with Crippen molar-refractivity contribution in [2.75, 3.05) is 0 Å². The summed E-state index contributed by atoms with van der Waals surface area (Å²) < 4.78 is 50.9. The zero-order valence-corrected chi connectivity index (χ0v) is 22.2. The van der Waals surface area contributed by atoms with Crippen molar-refractivity contribution in [3.8, 4) is 28.3 Å². The zero-order valence-electron chi connectivity index (χ0n) is 22.2. The van der Waals surface area contributed by atoms with Crippen LogP contribution in [0.25, 0.3) is 22.3 Å². The van der Waals surface area contributed by atoms with Crippen molar-refractivity contribution in [2.45, 2.75) is 13.3 Å². The standard InChI is InChI=1S/C33H22F3N3O3/c1-20-13-16-38(25-9-7-24(35)8-10-25)33(41)31(20)28(40)19-21-2-11-29(27(36)18-21)42-30-12-15-37-39-17-14-26(32(30)39)22-3-5-23(34)6-4-22/h2-18H,19H2,1H3. The van der Waals surface area contributed by atoms with E-state index in [0.29, 0.717) is 28.1 Å². The Hall–Kier alpha value is -5.44. The molecule has 42 heavy (non-hydrogen) atoms. The number of hydrogen-bond acceptors (Lipinski definition) is 4. The molecule has 0 radical (unpaired) electrons. The molecule has 0 unspecified atom stereocenters. The first-order chi connectivity index (χ1) is 20.3. The Kier molecular flexibility index (Phi) is 6.92. The van der Waals surface area contributed by atoms with Gasteiger partial charge in [0.15, 0.2) is 23.1 Å². The van der Waals surface area contributed by atoms with Crippen molar-refractivity contribution in [3.05, 3.63) is 148 Å². The normalized spacial score (nSPS) is 11.1. The first-order valence-electron chi connectivity index (χ1n) is 13.0. The van der Waals surface area contributed by atoms with Crippen LogP contribution in [0.2, 0.25) is 0 Å². The molecule has 3 aromatic heterocycles. The molecule has 0 aliphatic rings. The number of aryl methyl sites for hydroxylation is 1. The number of ether oxygens (including phenoxy) is 1. The van der Waals surface area contributed by atoms with Gasteiger partial charge in [-0.15, -0.1) is 0 Å². The van der Waals surface area contributed by atoms with Crippen molar-refractivity contribution >= 4 is 11.3 Å². The maximum absolute atomic E-state index is 15.3. The van der Waals surface area contributed by atoms with Crippen LogP contribution >= 0.6 is 0 Å². The highest BCUT2D eigenvalue weighted by atomic mass is 19.1. The number of benzene rings is 3. The fraction of sp³-hybridized carbons (Fsp3) is 0.0606. The summed E-state index contributed by atoms with van der Waals surface area (Å²) in [6, 6.07) is 20.5. The molecule has 0 saturated heterocycles. The molecule has 0 spiro atoms. The molecule has 6 rings (SSSR count). The molecule has 9 heteroatoms. The molecular weight excluding hydrogens is 543 g/mol. The summed E-state index contributed by atoms with van der Waals surface area (Å²) in [6.07, 6.45) is 4.55. The van der Waals surface area contributed by atoms with Gasteiger partial charge in [-0.3, -0.25) is 14.2 Å². The van der Waals surface area contributed by atoms with Gasteiger partial charge in [0.25, 0.3) is 5.56 Å². The van der Waals surface area contributed by atoms with E-state index in [-0.39, 0.29) is 23.6 Å². The van der Waals surface area contributed by atoms with Gasteiger partial charge in [0.2, 0.25) is 0 Å². The Morgan fingerprint density at radius 1 is 0.833 bits per heavy atom. The van der Waals surface area contributed by atoms with Crippen molar-refractivity contribution in [1.29, 1.82) is 0 Å². The molecule has 0 aliphatic carbocycles. The van der Waals surface area contributed by atoms with Crippen LogP contribution in [0.4, 0.5) is 13.2 Å². The number of carbonyl (C=O) groups is 1. The minimum atomic E-state index is -0.696. The fourth-order valence-corrected chi connectivity index (χ4v) is 4.86. The maximum Gasteiger partial charge on any atom is 0.266 e. The number of nitrogens with zero attached hydrogens (tertiary/aromatic N) is 3. The van der Waals surface area contributed by atoms with Gasteiger partial charge in [0.05, 0.1) is 11.8 Å². The number of Topliss-reactive ketones (excluding diaryl/α,β-unsaturated/α-hetero) is 1. The van der Waals surface area contributed by atoms with E-state index in [0.717, 1.165) is 11.1 Å². The van der Waals surface area contributed by atoms with Crippen LogP contribution in [0.15, 0.2) is 108 Å². The molecule has 0 saturated carbocycles. The summed E-state index contributed by atoms with van der Waals surface area (Å²) >= 11 is 0.